The van der Waals surface area contributed by atoms with Crippen LogP contribution in [0.2, 0.25) is 0 Å². The fourth-order valence-electron chi connectivity index (χ4n) is 2.31. The van der Waals surface area contributed by atoms with Gasteiger partial charge in [0.1, 0.15) is 12.1 Å². The van der Waals surface area contributed by atoms with Crippen molar-refractivity contribution in [2.75, 3.05) is 25.1 Å². The lowest BCUT2D eigenvalue weighted by Crippen LogP contribution is -2.23. The molecule has 1 saturated heterocycles. The molecule has 20 heavy (non-hydrogen) atoms. The summed E-state index contributed by atoms with van der Waals surface area (Å²) >= 11 is 0. The monoisotopic (exact) mass is 273 g/mol. The van der Waals surface area contributed by atoms with Crippen molar-refractivity contribution >= 4 is 5.82 Å². The molecular formula is C14H19N5O. The van der Waals surface area contributed by atoms with Gasteiger partial charge in [-0.2, -0.15) is 5.10 Å². The number of hydrogen-bond acceptors (Lipinski definition) is 5. The smallest absolute Gasteiger partial charge is 0.158 e. The first-order chi connectivity index (χ1) is 9.81. The van der Waals surface area contributed by atoms with Crippen molar-refractivity contribution in [2.24, 2.45) is 5.92 Å². The normalized spacial score (nSPS) is 16.2. The summed E-state index contributed by atoms with van der Waals surface area (Å²) in [5, 5.41) is 7.64. The minimum atomic E-state index is 0.661. The van der Waals surface area contributed by atoms with Gasteiger partial charge in [-0.05, 0) is 31.2 Å². The molecule has 1 N–H and O–H groups in total. The van der Waals surface area contributed by atoms with Crippen LogP contribution in [-0.2, 0) is 4.74 Å². The Balaban J connectivity index is 1.65. The number of rotatable bonds is 4. The maximum Gasteiger partial charge on any atom is 0.158 e. The highest BCUT2D eigenvalue weighted by Gasteiger charge is 2.13. The van der Waals surface area contributed by atoms with Crippen LogP contribution in [0.5, 0.6) is 0 Å². The van der Waals surface area contributed by atoms with Gasteiger partial charge >= 0.3 is 0 Å². The first kappa shape index (κ1) is 13.1. The van der Waals surface area contributed by atoms with Crippen LogP contribution < -0.4 is 5.32 Å². The number of ether oxygens (including phenoxy) is 1. The summed E-state index contributed by atoms with van der Waals surface area (Å²) in [6.07, 6.45) is 7.56. The Morgan fingerprint density at radius 3 is 2.95 bits per heavy atom. The van der Waals surface area contributed by atoms with Crippen LogP contribution in [0.4, 0.5) is 5.82 Å². The Labute approximate surface area is 118 Å². The average molecular weight is 273 g/mol. The third-order valence-corrected chi connectivity index (χ3v) is 3.51. The Kier molecular flexibility index (Phi) is 3.92. The fourth-order valence-corrected chi connectivity index (χ4v) is 2.31. The highest BCUT2D eigenvalue weighted by atomic mass is 16.5. The molecule has 0 aromatic carbocycles. The Morgan fingerprint density at radius 2 is 2.20 bits per heavy atom. The van der Waals surface area contributed by atoms with E-state index in [1.807, 2.05) is 25.4 Å². The molecule has 2 aromatic rings. The van der Waals surface area contributed by atoms with Crippen molar-refractivity contribution in [3.8, 4) is 5.82 Å². The van der Waals surface area contributed by atoms with Gasteiger partial charge in [-0.3, -0.25) is 0 Å². The molecule has 0 spiro atoms. The standard InChI is InChI=1S/C14H19N5O/c1-11-7-18-19(9-11)14-6-13(16-10-17-14)15-8-12-2-4-20-5-3-12/h6-7,9-10,12H,2-5,8H2,1H3,(H,15,16,17). The molecule has 6 nitrogen and oxygen atoms in total. The number of aromatic nitrogens is 4. The van der Waals surface area contributed by atoms with Gasteiger partial charge in [0.05, 0.1) is 6.20 Å². The van der Waals surface area contributed by atoms with Crippen LogP contribution in [0.15, 0.2) is 24.8 Å². The van der Waals surface area contributed by atoms with Gasteiger partial charge in [0.2, 0.25) is 0 Å². The third kappa shape index (κ3) is 3.14. The van der Waals surface area contributed by atoms with Gasteiger partial charge in [0.15, 0.2) is 5.82 Å². The molecule has 0 radical (unpaired) electrons. The Morgan fingerprint density at radius 1 is 1.35 bits per heavy atom. The van der Waals surface area contributed by atoms with Crippen LogP contribution >= 0.6 is 0 Å². The van der Waals surface area contributed by atoms with Crippen molar-refractivity contribution in [3.63, 3.8) is 0 Å². The van der Waals surface area contributed by atoms with Crippen LogP contribution in [-0.4, -0.2) is 39.5 Å². The highest BCUT2D eigenvalue weighted by molar-refractivity contribution is 5.40. The van der Waals surface area contributed by atoms with Crippen LogP contribution in [0.25, 0.3) is 5.82 Å². The van der Waals surface area contributed by atoms with Crippen LogP contribution in [0.3, 0.4) is 0 Å². The van der Waals surface area contributed by atoms with E-state index in [4.69, 9.17) is 4.74 Å². The molecule has 3 heterocycles. The molecule has 106 valence electrons. The number of hydrogen-bond donors (Lipinski definition) is 1. The lowest BCUT2D eigenvalue weighted by molar-refractivity contribution is 0.0699. The second-order valence-corrected chi connectivity index (χ2v) is 5.16. The minimum absolute atomic E-state index is 0.661. The van der Waals surface area contributed by atoms with Crippen molar-refractivity contribution in [3.05, 3.63) is 30.4 Å². The van der Waals surface area contributed by atoms with E-state index < -0.39 is 0 Å². The van der Waals surface area contributed by atoms with Gasteiger partial charge < -0.3 is 10.1 Å². The number of aryl methyl sites for hydroxylation is 1. The summed E-state index contributed by atoms with van der Waals surface area (Å²) in [7, 11) is 0. The SMILES string of the molecule is Cc1cnn(-c2cc(NCC3CCOCC3)ncn2)c1. The zero-order valence-electron chi connectivity index (χ0n) is 11.6. The molecular weight excluding hydrogens is 254 g/mol. The molecule has 1 aliphatic rings. The predicted octanol–water partition coefficient (Wildman–Crippen LogP) is 1.81. The molecule has 0 aliphatic carbocycles. The van der Waals surface area contributed by atoms with E-state index in [2.05, 4.69) is 20.4 Å². The van der Waals surface area contributed by atoms with Crippen molar-refractivity contribution in [2.45, 2.75) is 19.8 Å². The van der Waals surface area contributed by atoms with Crippen molar-refractivity contribution in [1.82, 2.24) is 19.7 Å². The third-order valence-electron chi connectivity index (χ3n) is 3.51. The number of anilines is 1. The van der Waals surface area contributed by atoms with Gasteiger partial charge in [-0.25, -0.2) is 14.6 Å². The van der Waals surface area contributed by atoms with Gasteiger partial charge in [-0.1, -0.05) is 0 Å². The molecule has 0 saturated carbocycles. The summed E-state index contributed by atoms with van der Waals surface area (Å²) < 4.78 is 7.13. The van der Waals surface area contributed by atoms with Crippen molar-refractivity contribution in [1.29, 1.82) is 0 Å². The predicted molar refractivity (Wildman–Crippen MR) is 75.9 cm³/mol. The summed E-state index contributed by atoms with van der Waals surface area (Å²) in [6.45, 7) is 4.68. The zero-order chi connectivity index (χ0) is 13.8. The minimum Gasteiger partial charge on any atom is -0.381 e. The molecule has 1 fully saturated rings. The molecule has 0 bridgehead atoms. The van der Waals surface area contributed by atoms with E-state index in [-0.39, 0.29) is 0 Å². The van der Waals surface area contributed by atoms with Gasteiger partial charge in [-0.15, -0.1) is 0 Å². The van der Waals surface area contributed by atoms with E-state index in [1.54, 1.807) is 11.0 Å². The van der Waals surface area contributed by atoms with E-state index in [0.29, 0.717) is 5.92 Å². The Bertz CT molecular complexity index is 562. The zero-order valence-corrected chi connectivity index (χ0v) is 11.6. The molecule has 3 rings (SSSR count). The second kappa shape index (κ2) is 6.00. The fraction of sp³-hybridized carbons (Fsp3) is 0.500. The molecule has 6 heteroatoms. The lowest BCUT2D eigenvalue weighted by Gasteiger charge is -2.22. The quantitative estimate of drug-likeness (QED) is 0.920. The summed E-state index contributed by atoms with van der Waals surface area (Å²) in [5.74, 6) is 2.28. The topological polar surface area (TPSA) is 64.9 Å². The summed E-state index contributed by atoms with van der Waals surface area (Å²) in [4.78, 5) is 8.51. The van der Waals surface area contributed by atoms with Crippen LogP contribution in [0, 0.1) is 12.8 Å². The molecule has 0 unspecified atom stereocenters. The van der Waals surface area contributed by atoms with E-state index in [1.165, 1.54) is 0 Å². The lowest BCUT2D eigenvalue weighted by atomic mass is 10.0. The van der Waals surface area contributed by atoms with Crippen molar-refractivity contribution < 1.29 is 4.74 Å². The average Bonchev–Trinajstić information content (AvgIpc) is 2.93. The molecule has 2 aromatic heterocycles. The second-order valence-electron chi connectivity index (χ2n) is 5.16. The molecule has 0 amide bonds. The van der Waals surface area contributed by atoms with Gasteiger partial charge in [0, 0.05) is 32.0 Å². The largest absolute Gasteiger partial charge is 0.381 e. The maximum absolute atomic E-state index is 5.37. The highest BCUT2D eigenvalue weighted by Crippen LogP contribution is 2.16. The maximum atomic E-state index is 5.37. The number of nitrogens with zero attached hydrogens (tertiary/aromatic N) is 4. The van der Waals surface area contributed by atoms with Crippen LogP contribution in [0.1, 0.15) is 18.4 Å². The summed E-state index contributed by atoms with van der Waals surface area (Å²) in [6, 6.07) is 1.92. The van der Waals surface area contributed by atoms with E-state index in [9.17, 15) is 0 Å². The van der Waals surface area contributed by atoms with Gasteiger partial charge in [0.25, 0.3) is 0 Å². The molecule has 0 atom stereocenters. The number of nitrogens with one attached hydrogen (secondary N) is 1. The van der Waals surface area contributed by atoms with E-state index >= 15 is 0 Å². The first-order valence-corrected chi connectivity index (χ1v) is 6.96. The Hall–Kier alpha value is -1.95. The molecule has 1 aliphatic heterocycles. The first-order valence-electron chi connectivity index (χ1n) is 6.96. The van der Waals surface area contributed by atoms with E-state index in [0.717, 1.165) is 49.8 Å². The summed E-state index contributed by atoms with van der Waals surface area (Å²) in [5.41, 5.74) is 1.11.